The Labute approximate surface area is 114 Å². The highest BCUT2D eigenvalue weighted by molar-refractivity contribution is 7.85. The summed E-state index contributed by atoms with van der Waals surface area (Å²) in [5.41, 5.74) is 0. The van der Waals surface area contributed by atoms with Gasteiger partial charge in [-0.15, -0.1) is 0 Å². The number of rotatable bonds is 6. The molecule has 1 saturated carbocycles. The molecule has 0 spiro atoms. The van der Waals surface area contributed by atoms with Gasteiger partial charge in [0.05, 0.1) is 11.4 Å². The summed E-state index contributed by atoms with van der Waals surface area (Å²) in [6, 6.07) is 0.450. The molecule has 0 radical (unpaired) electrons. The summed E-state index contributed by atoms with van der Waals surface area (Å²) >= 11 is 0. The van der Waals surface area contributed by atoms with Gasteiger partial charge in [0.15, 0.2) is 0 Å². The zero-order valence-electron chi connectivity index (χ0n) is 11.7. The molecular weight excluding hydrogens is 246 g/mol. The molecule has 2 aliphatic rings. The van der Waals surface area contributed by atoms with Crippen LogP contribution in [0.15, 0.2) is 0 Å². The molecule has 1 saturated heterocycles. The van der Waals surface area contributed by atoms with Crippen LogP contribution in [0.4, 0.5) is 0 Å². The van der Waals surface area contributed by atoms with Gasteiger partial charge in [-0.2, -0.15) is 0 Å². The Bertz CT molecular complexity index is 279. The van der Waals surface area contributed by atoms with Crippen molar-refractivity contribution >= 4 is 10.8 Å². The van der Waals surface area contributed by atoms with Crippen molar-refractivity contribution in [3.05, 3.63) is 0 Å². The molecular formula is C14H27NO2S. The summed E-state index contributed by atoms with van der Waals surface area (Å²) in [5.74, 6) is 1.56. The molecule has 0 aromatic rings. The monoisotopic (exact) mass is 273 g/mol. The molecule has 2 fully saturated rings. The van der Waals surface area contributed by atoms with Crippen LogP contribution in [-0.2, 0) is 15.5 Å². The van der Waals surface area contributed by atoms with Crippen LogP contribution in [-0.4, -0.2) is 40.5 Å². The molecule has 0 bridgehead atoms. The Morgan fingerprint density at radius 3 is 2.61 bits per heavy atom. The van der Waals surface area contributed by atoms with Gasteiger partial charge in [0, 0.05) is 29.2 Å². The third-order valence-electron chi connectivity index (χ3n) is 4.42. The van der Waals surface area contributed by atoms with Gasteiger partial charge in [0.25, 0.3) is 0 Å². The first-order valence-electron chi connectivity index (χ1n) is 7.44. The molecule has 18 heavy (non-hydrogen) atoms. The van der Waals surface area contributed by atoms with Crippen molar-refractivity contribution in [3.8, 4) is 0 Å². The van der Waals surface area contributed by atoms with Crippen molar-refractivity contribution in [1.82, 2.24) is 5.32 Å². The molecule has 0 amide bonds. The van der Waals surface area contributed by atoms with Gasteiger partial charge < -0.3 is 10.1 Å². The van der Waals surface area contributed by atoms with E-state index in [1.807, 2.05) is 0 Å². The second-order valence-corrected chi connectivity index (χ2v) is 7.36. The Kier molecular flexibility index (Phi) is 5.64. The molecule has 3 nitrogen and oxygen atoms in total. The van der Waals surface area contributed by atoms with Crippen LogP contribution < -0.4 is 5.32 Å². The summed E-state index contributed by atoms with van der Waals surface area (Å²) in [6.07, 6.45) is 6.47. The topological polar surface area (TPSA) is 38.3 Å². The number of nitrogens with one attached hydrogen (secondary N) is 1. The highest BCUT2D eigenvalue weighted by Gasteiger charge is 2.33. The minimum absolute atomic E-state index is 0.177. The van der Waals surface area contributed by atoms with Crippen molar-refractivity contribution in [1.29, 1.82) is 0 Å². The molecule has 1 aliphatic heterocycles. The van der Waals surface area contributed by atoms with Gasteiger partial charge in [-0.1, -0.05) is 19.8 Å². The van der Waals surface area contributed by atoms with E-state index >= 15 is 0 Å². The van der Waals surface area contributed by atoms with Gasteiger partial charge in [-0.25, -0.2) is 0 Å². The van der Waals surface area contributed by atoms with E-state index in [4.69, 9.17) is 4.74 Å². The third kappa shape index (κ3) is 3.55. The number of ether oxygens (including phenoxy) is 1. The Hall–Kier alpha value is 0.0700. The van der Waals surface area contributed by atoms with Gasteiger partial charge in [0.2, 0.25) is 0 Å². The predicted molar refractivity (Wildman–Crippen MR) is 76.3 cm³/mol. The molecule has 1 aliphatic carbocycles. The summed E-state index contributed by atoms with van der Waals surface area (Å²) in [7, 11) is -0.741. The van der Waals surface area contributed by atoms with Crippen molar-refractivity contribution in [3.63, 3.8) is 0 Å². The second-order valence-electron chi connectivity index (χ2n) is 5.66. The smallest absolute Gasteiger partial charge is 0.0691 e. The van der Waals surface area contributed by atoms with E-state index in [0.717, 1.165) is 31.2 Å². The van der Waals surface area contributed by atoms with Crippen LogP contribution in [0, 0.1) is 5.92 Å². The number of hydrogen-bond donors (Lipinski definition) is 1. The molecule has 1 N–H and O–H groups in total. The van der Waals surface area contributed by atoms with Gasteiger partial charge in [-0.3, -0.25) is 4.21 Å². The average Bonchev–Trinajstić information content (AvgIpc) is 2.98. The van der Waals surface area contributed by atoms with Gasteiger partial charge in [-0.05, 0) is 38.6 Å². The van der Waals surface area contributed by atoms with E-state index in [2.05, 4.69) is 19.2 Å². The van der Waals surface area contributed by atoms with Crippen LogP contribution in [0.1, 0.15) is 46.0 Å². The van der Waals surface area contributed by atoms with Crippen molar-refractivity contribution < 1.29 is 8.95 Å². The zero-order chi connectivity index (χ0) is 13.0. The van der Waals surface area contributed by atoms with Crippen LogP contribution in [0.5, 0.6) is 0 Å². The first-order valence-corrected chi connectivity index (χ1v) is 8.82. The maximum absolute atomic E-state index is 12.5. The molecule has 2 rings (SSSR count). The lowest BCUT2D eigenvalue weighted by Crippen LogP contribution is -2.42. The largest absolute Gasteiger partial charge is 0.377 e. The maximum atomic E-state index is 12.5. The van der Waals surface area contributed by atoms with Crippen LogP contribution in [0.3, 0.4) is 0 Å². The Morgan fingerprint density at radius 2 is 2.06 bits per heavy atom. The fraction of sp³-hybridized carbons (Fsp3) is 1.00. The molecule has 0 aromatic carbocycles. The summed E-state index contributed by atoms with van der Waals surface area (Å²) < 4.78 is 18.0. The highest BCUT2D eigenvalue weighted by Crippen LogP contribution is 2.29. The highest BCUT2D eigenvalue weighted by atomic mass is 32.2. The molecule has 106 valence electrons. The zero-order valence-corrected chi connectivity index (χ0v) is 12.5. The summed E-state index contributed by atoms with van der Waals surface area (Å²) in [4.78, 5) is 0. The minimum Gasteiger partial charge on any atom is -0.377 e. The molecule has 1 heterocycles. The minimum atomic E-state index is -0.741. The van der Waals surface area contributed by atoms with E-state index in [1.54, 1.807) is 0 Å². The lowest BCUT2D eigenvalue weighted by atomic mass is 10.00. The van der Waals surface area contributed by atoms with E-state index in [-0.39, 0.29) is 11.4 Å². The Morgan fingerprint density at radius 1 is 1.33 bits per heavy atom. The van der Waals surface area contributed by atoms with Crippen LogP contribution in [0.25, 0.3) is 0 Å². The average molecular weight is 273 g/mol. The lowest BCUT2D eigenvalue weighted by Gasteiger charge is -2.25. The normalized spacial score (nSPS) is 32.8. The number of hydrogen-bond acceptors (Lipinski definition) is 3. The first-order chi connectivity index (χ1) is 8.72. The van der Waals surface area contributed by atoms with E-state index < -0.39 is 10.8 Å². The van der Waals surface area contributed by atoms with Crippen LogP contribution in [0.2, 0.25) is 0 Å². The van der Waals surface area contributed by atoms with Crippen molar-refractivity contribution in [2.24, 2.45) is 5.92 Å². The maximum Gasteiger partial charge on any atom is 0.0691 e. The second kappa shape index (κ2) is 7.01. The van der Waals surface area contributed by atoms with E-state index in [1.165, 1.54) is 25.7 Å². The standard InChI is InChI=1S/C14H27NO2S/c1-3-15-13(12-6-4-5-7-12)10-18(16)14-8-9-17-11(14)2/h11-15H,3-10H2,1-2H3. The lowest BCUT2D eigenvalue weighted by molar-refractivity contribution is 0.127. The summed E-state index contributed by atoms with van der Waals surface area (Å²) in [5, 5.41) is 3.82. The quantitative estimate of drug-likeness (QED) is 0.805. The molecule has 4 unspecified atom stereocenters. The predicted octanol–water partition coefficient (Wildman–Crippen LogP) is 2.08. The molecule has 4 heteroatoms. The third-order valence-corrected chi connectivity index (χ3v) is 6.41. The van der Waals surface area contributed by atoms with E-state index in [9.17, 15) is 4.21 Å². The fourth-order valence-electron chi connectivity index (χ4n) is 3.34. The van der Waals surface area contributed by atoms with Crippen molar-refractivity contribution in [2.45, 2.75) is 63.3 Å². The van der Waals surface area contributed by atoms with Gasteiger partial charge >= 0.3 is 0 Å². The summed E-state index contributed by atoms with van der Waals surface area (Å²) in [6.45, 7) is 5.97. The fourth-order valence-corrected chi connectivity index (χ4v) is 5.20. The van der Waals surface area contributed by atoms with Crippen molar-refractivity contribution in [2.75, 3.05) is 18.9 Å². The Balaban J connectivity index is 1.89. The first kappa shape index (κ1) is 14.5. The molecule has 4 atom stereocenters. The molecule has 0 aromatic heterocycles. The SMILES string of the molecule is CCNC(CS(=O)C1CCOC1C)C1CCCC1. The van der Waals surface area contributed by atoms with Crippen LogP contribution >= 0.6 is 0 Å². The van der Waals surface area contributed by atoms with Gasteiger partial charge in [0.1, 0.15) is 0 Å². The van der Waals surface area contributed by atoms with E-state index in [0.29, 0.717) is 6.04 Å².